The highest BCUT2D eigenvalue weighted by Crippen LogP contribution is 2.18. The third-order valence-electron chi connectivity index (χ3n) is 2.05. The van der Waals surface area contributed by atoms with Gasteiger partial charge in [0.25, 0.3) is 0 Å². The average Bonchev–Trinajstić information content (AvgIpc) is 2.73. The lowest BCUT2D eigenvalue weighted by Crippen LogP contribution is -2.34. The molecule has 1 N–H and O–H groups in total. The molecule has 0 saturated heterocycles. The molecule has 0 saturated carbocycles. The first kappa shape index (κ1) is 15.8. The highest BCUT2D eigenvalue weighted by atomic mass is 32.2. The Morgan fingerprint density at radius 2 is 2.16 bits per heavy atom. The minimum atomic E-state index is -0.526. The molecule has 1 rings (SSSR count). The smallest absolute Gasteiger partial charge is 0.407 e. The van der Waals surface area contributed by atoms with Crippen molar-refractivity contribution >= 4 is 28.9 Å². The molecule has 108 valence electrons. The molecule has 0 aromatic carbocycles. The van der Waals surface area contributed by atoms with E-state index in [1.54, 1.807) is 27.7 Å². The first-order valence-electron chi connectivity index (χ1n) is 6.15. The van der Waals surface area contributed by atoms with Gasteiger partial charge in [0, 0.05) is 5.75 Å². The summed E-state index contributed by atoms with van der Waals surface area (Å²) in [6.07, 6.45) is -0.490. The topological polar surface area (TPSA) is 77.0 Å². The number of hydrogen-bond donors (Lipinski definition) is 1. The number of amides is 1. The Morgan fingerprint density at radius 3 is 2.74 bits per heavy atom. The van der Waals surface area contributed by atoms with Crippen LogP contribution >= 0.6 is 11.8 Å². The van der Waals surface area contributed by atoms with Crippen molar-refractivity contribution in [1.29, 1.82) is 0 Å². The van der Waals surface area contributed by atoms with E-state index in [1.165, 1.54) is 11.8 Å². The van der Waals surface area contributed by atoms with Crippen LogP contribution in [-0.4, -0.2) is 47.7 Å². The second-order valence-electron chi connectivity index (χ2n) is 4.96. The predicted molar refractivity (Wildman–Crippen MR) is 74.6 cm³/mol. The van der Waals surface area contributed by atoms with Crippen LogP contribution in [0.1, 0.15) is 27.7 Å². The van der Waals surface area contributed by atoms with Crippen LogP contribution in [0, 0.1) is 0 Å². The molecule has 1 aliphatic heterocycles. The number of ether oxygens (including phenoxy) is 2. The largest absolute Gasteiger partial charge is 0.464 e. The van der Waals surface area contributed by atoms with Crippen molar-refractivity contribution in [2.24, 2.45) is 4.99 Å². The number of nitrogens with one attached hydrogen (secondary N) is 1. The molecule has 0 aromatic rings. The Bertz CT molecular complexity index is 376. The molecule has 1 amide bonds. The summed E-state index contributed by atoms with van der Waals surface area (Å²) in [6.45, 7) is 7.77. The van der Waals surface area contributed by atoms with Crippen LogP contribution in [0.15, 0.2) is 4.99 Å². The maximum atomic E-state index is 11.5. The van der Waals surface area contributed by atoms with E-state index in [1.807, 2.05) is 0 Å². The van der Waals surface area contributed by atoms with Gasteiger partial charge in [0.05, 0.1) is 18.2 Å². The molecule has 6 nitrogen and oxygen atoms in total. The molecule has 0 unspecified atom stereocenters. The summed E-state index contributed by atoms with van der Waals surface area (Å²) in [5.41, 5.74) is -0.526. The Morgan fingerprint density at radius 1 is 1.47 bits per heavy atom. The summed E-state index contributed by atoms with van der Waals surface area (Å²) in [4.78, 5) is 27.1. The Kier molecular flexibility index (Phi) is 5.65. The average molecular weight is 288 g/mol. The SMILES string of the molecule is CCOC(=O)[C@@H]1CSC(CNC(=O)OC(C)(C)C)=N1. The predicted octanol–water partition coefficient (Wildman–Crippen LogP) is 1.59. The van der Waals surface area contributed by atoms with Crippen LogP contribution in [0.25, 0.3) is 0 Å². The third-order valence-corrected chi connectivity index (χ3v) is 3.11. The van der Waals surface area contributed by atoms with Crippen molar-refractivity contribution in [3.63, 3.8) is 0 Å². The number of carbonyl (C=O) groups is 2. The number of esters is 1. The van der Waals surface area contributed by atoms with E-state index in [0.29, 0.717) is 17.4 Å². The monoisotopic (exact) mass is 288 g/mol. The zero-order chi connectivity index (χ0) is 14.5. The zero-order valence-electron chi connectivity index (χ0n) is 11.7. The third kappa shape index (κ3) is 5.96. The fourth-order valence-corrected chi connectivity index (χ4v) is 2.28. The standard InChI is InChI=1S/C12H20N2O4S/c1-5-17-10(15)8-7-19-9(14-8)6-13-11(16)18-12(2,3)4/h8H,5-7H2,1-4H3,(H,13,16)/t8-/m0/s1. The lowest BCUT2D eigenvalue weighted by atomic mass is 10.2. The van der Waals surface area contributed by atoms with Crippen LogP contribution in [0.4, 0.5) is 4.79 Å². The number of hydrogen-bond acceptors (Lipinski definition) is 6. The second-order valence-corrected chi connectivity index (χ2v) is 6.05. The normalized spacial score (nSPS) is 18.7. The van der Waals surface area contributed by atoms with Gasteiger partial charge in [-0.05, 0) is 27.7 Å². The number of alkyl carbamates (subject to hydrolysis) is 1. The number of rotatable bonds is 4. The van der Waals surface area contributed by atoms with Gasteiger partial charge in [0.15, 0.2) is 6.04 Å². The van der Waals surface area contributed by atoms with Gasteiger partial charge in [-0.2, -0.15) is 0 Å². The van der Waals surface area contributed by atoms with Gasteiger partial charge in [-0.3, -0.25) is 4.99 Å². The van der Waals surface area contributed by atoms with Gasteiger partial charge in [-0.15, -0.1) is 11.8 Å². The number of carbonyl (C=O) groups excluding carboxylic acids is 2. The van der Waals surface area contributed by atoms with E-state index >= 15 is 0 Å². The summed E-state index contributed by atoms with van der Waals surface area (Å²) in [7, 11) is 0. The lowest BCUT2D eigenvalue weighted by Gasteiger charge is -2.19. The van der Waals surface area contributed by atoms with Gasteiger partial charge in [-0.1, -0.05) is 0 Å². The van der Waals surface area contributed by atoms with Gasteiger partial charge in [0.2, 0.25) is 0 Å². The fourth-order valence-electron chi connectivity index (χ4n) is 1.34. The maximum absolute atomic E-state index is 11.5. The van der Waals surface area contributed by atoms with E-state index in [2.05, 4.69) is 10.3 Å². The summed E-state index contributed by atoms with van der Waals surface area (Å²) in [5, 5.41) is 3.32. The number of thioether (sulfide) groups is 1. The van der Waals surface area contributed by atoms with Crippen molar-refractivity contribution in [3.8, 4) is 0 Å². The molecule has 0 radical (unpaired) electrons. The van der Waals surface area contributed by atoms with E-state index in [-0.39, 0.29) is 12.5 Å². The van der Waals surface area contributed by atoms with Crippen molar-refractivity contribution in [2.45, 2.75) is 39.3 Å². The molecule has 0 aliphatic carbocycles. The van der Waals surface area contributed by atoms with Gasteiger partial charge >= 0.3 is 12.1 Å². The Labute approximate surface area is 117 Å². The van der Waals surface area contributed by atoms with E-state index < -0.39 is 17.7 Å². The Hall–Kier alpha value is -1.24. The molecule has 0 bridgehead atoms. The van der Waals surface area contributed by atoms with E-state index in [4.69, 9.17) is 9.47 Å². The van der Waals surface area contributed by atoms with E-state index in [0.717, 1.165) is 0 Å². The molecule has 19 heavy (non-hydrogen) atoms. The second kappa shape index (κ2) is 6.79. The fraction of sp³-hybridized carbons (Fsp3) is 0.750. The van der Waals surface area contributed by atoms with Gasteiger partial charge in [0.1, 0.15) is 5.60 Å². The molecule has 1 aliphatic rings. The van der Waals surface area contributed by atoms with Crippen molar-refractivity contribution in [2.75, 3.05) is 18.9 Å². The summed E-state index contributed by atoms with van der Waals surface area (Å²) >= 11 is 1.44. The molecule has 0 spiro atoms. The number of nitrogens with zero attached hydrogens (tertiary/aromatic N) is 1. The van der Waals surface area contributed by atoms with Gasteiger partial charge in [-0.25, -0.2) is 9.59 Å². The minimum absolute atomic E-state index is 0.273. The highest BCUT2D eigenvalue weighted by molar-refractivity contribution is 8.14. The number of aliphatic imine (C=N–C) groups is 1. The van der Waals surface area contributed by atoms with Crippen molar-refractivity contribution < 1.29 is 19.1 Å². The molecular formula is C12H20N2O4S. The van der Waals surface area contributed by atoms with Crippen LogP contribution in [0.2, 0.25) is 0 Å². The first-order valence-corrected chi connectivity index (χ1v) is 7.13. The Balaban J connectivity index is 2.37. The van der Waals surface area contributed by atoms with Crippen LogP contribution in [0.3, 0.4) is 0 Å². The summed E-state index contributed by atoms with van der Waals surface area (Å²) in [6, 6.07) is -0.458. The van der Waals surface area contributed by atoms with Crippen LogP contribution in [0.5, 0.6) is 0 Å². The molecule has 0 aromatic heterocycles. The zero-order valence-corrected chi connectivity index (χ0v) is 12.5. The molecule has 1 heterocycles. The van der Waals surface area contributed by atoms with Gasteiger partial charge < -0.3 is 14.8 Å². The van der Waals surface area contributed by atoms with E-state index in [9.17, 15) is 9.59 Å². The van der Waals surface area contributed by atoms with Crippen LogP contribution < -0.4 is 5.32 Å². The van der Waals surface area contributed by atoms with Crippen LogP contribution in [-0.2, 0) is 14.3 Å². The molecule has 7 heteroatoms. The maximum Gasteiger partial charge on any atom is 0.407 e. The minimum Gasteiger partial charge on any atom is -0.464 e. The van der Waals surface area contributed by atoms with Crippen molar-refractivity contribution in [3.05, 3.63) is 0 Å². The van der Waals surface area contributed by atoms with Crippen molar-refractivity contribution in [1.82, 2.24) is 5.32 Å². The molecular weight excluding hydrogens is 268 g/mol. The lowest BCUT2D eigenvalue weighted by molar-refractivity contribution is -0.143. The summed E-state index contributed by atoms with van der Waals surface area (Å²) in [5.74, 6) is 0.242. The first-order chi connectivity index (χ1) is 8.81. The molecule has 1 atom stereocenters. The molecule has 0 fully saturated rings. The summed E-state index contributed by atoms with van der Waals surface area (Å²) < 4.78 is 10.00. The highest BCUT2D eigenvalue weighted by Gasteiger charge is 2.26. The quantitative estimate of drug-likeness (QED) is 0.795.